The Bertz CT molecular complexity index is 622. The molecule has 0 aliphatic rings. The fourth-order valence-electron chi connectivity index (χ4n) is 2.37. The lowest BCUT2D eigenvalue weighted by atomic mass is 9.91. The Morgan fingerprint density at radius 2 is 1.91 bits per heavy atom. The van der Waals surface area contributed by atoms with Gasteiger partial charge in [0.1, 0.15) is 11.5 Å². The number of ether oxygens (including phenoxy) is 2. The summed E-state index contributed by atoms with van der Waals surface area (Å²) in [5.74, 6) is -0.0823. The van der Waals surface area contributed by atoms with Gasteiger partial charge in [-0.15, -0.1) is 0 Å². The first kappa shape index (κ1) is 15.9. The molecule has 0 aliphatic carbocycles. The fraction of sp³-hybridized carbons (Fsp3) is 0.278. The van der Waals surface area contributed by atoms with Crippen molar-refractivity contribution in [3.8, 4) is 11.5 Å². The van der Waals surface area contributed by atoms with Gasteiger partial charge in [0.05, 0.1) is 19.6 Å². The van der Waals surface area contributed by atoms with Crippen molar-refractivity contribution in [3.63, 3.8) is 0 Å². The maximum atomic E-state index is 11.6. The molecular weight excluding hydrogens is 280 g/mol. The van der Waals surface area contributed by atoms with E-state index in [0.29, 0.717) is 24.5 Å². The van der Waals surface area contributed by atoms with Gasteiger partial charge in [-0.25, -0.2) is 0 Å². The molecule has 0 aromatic heterocycles. The molecule has 0 heterocycles. The van der Waals surface area contributed by atoms with Crippen molar-refractivity contribution in [2.45, 2.75) is 19.3 Å². The standard InChI is InChI=1S/C18H20O4/c1-3-22-17-12-15(21-2)10-9-14(17)11-16(18(19)20)13-7-5-4-6-8-13/h4-10,12,16H,3,11H2,1-2H3,(H,19,20). The SMILES string of the molecule is CCOc1cc(OC)ccc1CC(C(=O)O)c1ccccc1. The number of hydrogen-bond acceptors (Lipinski definition) is 3. The maximum absolute atomic E-state index is 11.6. The van der Waals surface area contributed by atoms with Crippen molar-refractivity contribution >= 4 is 5.97 Å². The molecule has 1 atom stereocenters. The average molecular weight is 300 g/mol. The zero-order valence-corrected chi connectivity index (χ0v) is 12.8. The van der Waals surface area contributed by atoms with Crippen molar-refractivity contribution in [1.82, 2.24) is 0 Å². The van der Waals surface area contributed by atoms with Gasteiger partial charge in [0.25, 0.3) is 0 Å². The van der Waals surface area contributed by atoms with Crippen molar-refractivity contribution < 1.29 is 19.4 Å². The Kier molecular flexibility index (Phi) is 5.42. The second kappa shape index (κ2) is 7.50. The molecule has 116 valence electrons. The Morgan fingerprint density at radius 3 is 2.50 bits per heavy atom. The van der Waals surface area contributed by atoms with Gasteiger partial charge in [0.2, 0.25) is 0 Å². The van der Waals surface area contributed by atoms with Crippen LogP contribution in [0.25, 0.3) is 0 Å². The number of methoxy groups -OCH3 is 1. The summed E-state index contributed by atoms with van der Waals surface area (Å²) in [5, 5.41) is 9.54. The predicted octanol–water partition coefficient (Wildman–Crippen LogP) is 3.50. The van der Waals surface area contributed by atoms with Crippen LogP contribution in [0.3, 0.4) is 0 Å². The average Bonchev–Trinajstić information content (AvgIpc) is 2.54. The van der Waals surface area contributed by atoms with Crippen LogP contribution in [0.2, 0.25) is 0 Å². The second-order valence-electron chi connectivity index (χ2n) is 4.91. The second-order valence-corrected chi connectivity index (χ2v) is 4.91. The number of carboxylic acids is 1. The van der Waals surface area contributed by atoms with Gasteiger partial charge < -0.3 is 14.6 Å². The molecule has 2 aromatic carbocycles. The highest BCUT2D eigenvalue weighted by Gasteiger charge is 2.22. The molecule has 0 radical (unpaired) electrons. The molecule has 0 spiro atoms. The van der Waals surface area contributed by atoms with E-state index >= 15 is 0 Å². The third-order valence-corrected chi connectivity index (χ3v) is 3.50. The van der Waals surface area contributed by atoms with Crippen molar-refractivity contribution in [2.75, 3.05) is 13.7 Å². The number of carbonyl (C=O) groups is 1. The predicted molar refractivity (Wildman–Crippen MR) is 84.7 cm³/mol. The molecule has 1 N–H and O–H groups in total. The maximum Gasteiger partial charge on any atom is 0.311 e. The first-order chi connectivity index (χ1) is 10.7. The highest BCUT2D eigenvalue weighted by Crippen LogP contribution is 2.30. The molecule has 1 unspecified atom stereocenters. The fourth-order valence-corrected chi connectivity index (χ4v) is 2.37. The summed E-state index contributed by atoms with van der Waals surface area (Å²) in [6.45, 7) is 2.42. The molecule has 4 nitrogen and oxygen atoms in total. The summed E-state index contributed by atoms with van der Waals surface area (Å²) in [6.07, 6.45) is 0.374. The molecule has 0 saturated heterocycles. The van der Waals surface area contributed by atoms with E-state index in [0.717, 1.165) is 11.1 Å². The molecule has 0 bridgehead atoms. The molecule has 4 heteroatoms. The van der Waals surface area contributed by atoms with Gasteiger partial charge in [-0.1, -0.05) is 36.4 Å². The molecule has 0 amide bonds. The van der Waals surface area contributed by atoms with E-state index in [4.69, 9.17) is 9.47 Å². The number of hydrogen-bond donors (Lipinski definition) is 1. The number of rotatable bonds is 7. The third kappa shape index (κ3) is 3.79. The van der Waals surface area contributed by atoms with E-state index in [9.17, 15) is 9.90 Å². The van der Waals surface area contributed by atoms with E-state index in [1.165, 1.54) is 0 Å². The first-order valence-corrected chi connectivity index (χ1v) is 7.23. The first-order valence-electron chi connectivity index (χ1n) is 7.23. The van der Waals surface area contributed by atoms with Crippen LogP contribution < -0.4 is 9.47 Å². The van der Waals surface area contributed by atoms with Crippen molar-refractivity contribution in [1.29, 1.82) is 0 Å². The van der Waals surface area contributed by atoms with E-state index in [1.807, 2.05) is 49.4 Å². The summed E-state index contributed by atoms with van der Waals surface area (Å²) in [4.78, 5) is 11.6. The molecule has 2 aromatic rings. The van der Waals surface area contributed by atoms with Gasteiger partial charge in [-0.3, -0.25) is 4.79 Å². The summed E-state index contributed by atoms with van der Waals surface area (Å²) in [6, 6.07) is 14.7. The van der Waals surface area contributed by atoms with Gasteiger partial charge in [0, 0.05) is 6.07 Å². The Balaban J connectivity index is 2.32. The summed E-state index contributed by atoms with van der Waals surface area (Å²) >= 11 is 0. The van der Waals surface area contributed by atoms with Crippen LogP contribution in [0.15, 0.2) is 48.5 Å². The Morgan fingerprint density at radius 1 is 1.18 bits per heavy atom. The quantitative estimate of drug-likeness (QED) is 0.850. The number of carboxylic acid groups (broad SMARTS) is 1. The van der Waals surface area contributed by atoms with Crippen LogP contribution in [0.5, 0.6) is 11.5 Å². The topological polar surface area (TPSA) is 55.8 Å². The van der Waals surface area contributed by atoms with E-state index < -0.39 is 11.9 Å². The molecule has 0 aliphatic heterocycles. The van der Waals surface area contributed by atoms with E-state index in [1.54, 1.807) is 13.2 Å². The number of benzene rings is 2. The summed E-state index contributed by atoms with van der Waals surface area (Å²) in [7, 11) is 1.59. The Hall–Kier alpha value is -2.49. The van der Waals surface area contributed by atoms with Crippen LogP contribution in [0.4, 0.5) is 0 Å². The lowest BCUT2D eigenvalue weighted by Crippen LogP contribution is -2.15. The van der Waals surface area contributed by atoms with Crippen molar-refractivity contribution in [3.05, 3.63) is 59.7 Å². The highest BCUT2D eigenvalue weighted by molar-refractivity contribution is 5.76. The zero-order chi connectivity index (χ0) is 15.9. The lowest BCUT2D eigenvalue weighted by Gasteiger charge is -2.16. The molecule has 0 saturated carbocycles. The molecule has 2 rings (SSSR count). The smallest absolute Gasteiger partial charge is 0.311 e. The summed E-state index contributed by atoms with van der Waals surface area (Å²) in [5.41, 5.74) is 1.65. The highest BCUT2D eigenvalue weighted by atomic mass is 16.5. The van der Waals surface area contributed by atoms with Crippen LogP contribution in [-0.4, -0.2) is 24.8 Å². The van der Waals surface area contributed by atoms with Crippen LogP contribution in [0.1, 0.15) is 24.0 Å². The van der Waals surface area contributed by atoms with Crippen LogP contribution in [0, 0.1) is 0 Å². The minimum absolute atomic E-state index is 0.374. The number of aliphatic carboxylic acids is 1. The van der Waals surface area contributed by atoms with Gasteiger partial charge in [0.15, 0.2) is 0 Å². The summed E-state index contributed by atoms with van der Waals surface area (Å²) < 4.78 is 10.8. The van der Waals surface area contributed by atoms with Crippen molar-refractivity contribution in [2.24, 2.45) is 0 Å². The van der Waals surface area contributed by atoms with Gasteiger partial charge in [-0.05, 0) is 30.5 Å². The minimum atomic E-state index is -0.843. The van der Waals surface area contributed by atoms with E-state index in [-0.39, 0.29) is 0 Å². The molecule has 22 heavy (non-hydrogen) atoms. The largest absolute Gasteiger partial charge is 0.497 e. The molecule has 0 fully saturated rings. The third-order valence-electron chi connectivity index (χ3n) is 3.50. The van der Waals surface area contributed by atoms with Crippen LogP contribution in [-0.2, 0) is 11.2 Å². The normalized spacial score (nSPS) is 11.7. The van der Waals surface area contributed by atoms with E-state index in [2.05, 4.69) is 0 Å². The molecular formula is C18H20O4. The zero-order valence-electron chi connectivity index (χ0n) is 12.8. The minimum Gasteiger partial charge on any atom is -0.497 e. The Labute approximate surface area is 130 Å². The lowest BCUT2D eigenvalue weighted by molar-refractivity contribution is -0.138. The van der Waals surface area contributed by atoms with Gasteiger partial charge in [-0.2, -0.15) is 0 Å². The van der Waals surface area contributed by atoms with Crippen LogP contribution >= 0.6 is 0 Å². The monoisotopic (exact) mass is 300 g/mol. The van der Waals surface area contributed by atoms with Gasteiger partial charge >= 0.3 is 5.97 Å².